The summed E-state index contributed by atoms with van der Waals surface area (Å²) >= 11 is 1.89. The molecule has 2 heteroatoms. The molecule has 0 spiro atoms. The zero-order chi connectivity index (χ0) is 38.4. The van der Waals surface area contributed by atoms with E-state index in [0.29, 0.717) is 0 Å². The van der Waals surface area contributed by atoms with Crippen LogP contribution in [0.2, 0.25) is 0 Å². The summed E-state index contributed by atoms with van der Waals surface area (Å²) in [6.45, 7) is 0. The standard InChI is InChI=1S/C56H37NS/c1-3-14-38(15-4-1)42-22-11-23-47(34-42)57(46-31-28-41(29-32-46)49-25-12-21-39-18-9-10-24-48(39)49)54-33-30-45(36-52(54)40-16-5-2-6-17-40)50-26-13-27-51-53-35-43-19-7-8-20-44(43)37-55(53)58-56(50)51/h1-37H. The molecule has 1 heterocycles. The predicted molar refractivity (Wildman–Crippen MR) is 251 cm³/mol. The molecule has 0 saturated heterocycles. The van der Waals surface area contributed by atoms with E-state index in [1.165, 1.54) is 86.2 Å². The summed E-state index contributed by atoms with van der Waals surface area (Å²) in [5.41, 5.74) is 12.9. The van der Waals surface area contributed by atoms with E-state index < -0.39 is 0 Å². The van der Waals surface area contributed by atoms with Gasteiger partial charge in [-0.25, -0.2) is 0 Å². The van der Waals surface area contributed by atoms with Crippen LogP contribution in [0.4, 0.5) is 17.1 Å². The predicted octanol–water partition coefficient (Wildman–Crippen LogP) is 16.5. The molecule has 10 aromatic carbocycles. The van der Waals surface area contributed by atoms with Gasteiger partial charge in [-0.3, -0.25) is 0 Å². The Bertz CT molecular complexity index is 3270. The fraction of sp³-hybridized carbons (Fsp3) is 0. The maximum atomic E-state index is 2.43. The molecule has 0 fully saturated rings. The zero-order valence-electron chi connectivity index (χ0n) is 31.7. The van der Waals surface area contributed by atoms with Crippen molar-refractivity contribution < 1.29 is 0 Å². The van der Waals surface area contributed by atoms with Crippen molar-refractivity contribution in [2.24, 2.45) is 0 Å². The Balaban J connectivity index is 1.10. The van der Waals surface area contributed by atoms with Gasteiger partial charge in [0, 0.05) is 37.1 Å². The molecule has 1 nitrogen and oxygen atoms in total. The Morgan fingerprint density at radius 3 is 1.69 bits per heavy atom. The lowest BCUT2D eigenvalue weighted by atomic mass is 9.94. The number of thiophene rings is 1. The molecular weight excluding hydrogens is 719 g/mol. The van der Waals surface area contributed by atoms with Crippen molar-refractivity contribution in [2.75, 3.05) is 4.90 Å². The highest BCUT2D eigenvalue weighted by molar-refractivity contribution is 7.26. The molecule has 11 rings (SSSR count). The topological polar surface area (TPSA) is 3.24 Å². The van der Waals surface area contributed by atoms with Gasteiger partial charge < -0.3 is 4.90 Å². The van der Waals surface area contributed by atoms with Gasteiger partial charge in [-0.15, -0.1) is 11.3 Å². The van der Waals surface area contributed by atoms with Crippen LogP contribution in [0.3, 0.4) is 0 Å². The molecule has 0 N–H and O–H groups in total. The van der Waals surface area contributed by atoms with E-state index in [-0.39, 0.29) is 0 Å². The van der Waals surface area contributed by atoms with E-state index in [4.69, 9.17) is 0 Å². The van der Waals surface area contributed by atoms with Gasteiger partial charge in [0.05, 0.1) is 5.69 Å². The molecule has 0 saturated carbocycles. The van der Waals surface area contributed by atoms with E-state index in [1.807, 2.05) is 11.3 Å². The molecule has 0 aliphatic heterocycles. The summed E-state index contributed by atoms with van der Waals surface area (Å²) < 4.78 is 2.63. The van der Waals surface area contributed by atoms with Crippen LogP contribution in [0.25, 0.3) is 86.2 Å². The largest absolute Gasteiger partial charge is 0.310 e. The van der Waals surface area contributed by atoms with Crippen molar-refractivity contribution in [3.63, 3.8) is 0 Å². The molecular formula is C56H37NS. The molecule has 272 valence electrons. The normalized spacial score (nSPS) is 11.4. The van der Waals surface area contributed by atoms with E-state index in [1.54, 1.807) is 0 Å². The number of hydrogen-bond acceptors (Lipinski definition) is 2. The van der Waals surface area contributed by atoms with Gasteiger partial charge in [0.15, 0.2) is 0 Å². The smallest absolute Gasteiger partial charge is 0.0540 e. The maximum Gasteiger partial charge on any atom is 0.0540 e. The minimum absolute atomic E-state index is 1.10. The molecule has 0 aliphatic carbocycles. The number of anilines is 3. The lowest BCUT2D eigenvalue weighted by molar-refractivity contribution is 1.28. The highest BCUT2D eigenvalue weighted by Gasteiger charge is 2.20. The number of nitrogens with zero attached hydrogens (tertiary/aromatic N) is 1. The minimum Gasteiger partial charge on any atom is -0.310 e. The van der Waals surface area contributed by atoms with E-state index >= 15 is 0 Å². The molecule has 0 atom stereocenters. The van der Waals surface area contributed by atoms with Crippen LogP contribution in [0.1, 0.15) is 0 Å². The van der Waals surface area contributed by atoms with Gasteiger partial charge in [0.1, 0.15) is 0 Å². The average Bonchev–Trinajstić information content (AvgIpc) is 3.67. The minimum atomic E-state index is 1.10. The lowest BCUT2D eigenvalue weighted by Crippen LogP contribution is -2.11. The monoisotopic (exact) mass is 755 g/mol. The van der Waals surface area contributed by atoms with Crippen molar-refractivity contribution in [3.8, 4) is 44.5 Å². The SMILES string of the molecule is c1ccc(-c2cccc(N(c3ccc(-c4cccc5ccccc45)cc3)c3ccc(-c4cccc5c4sc4cc6ccccc6cc45)cc3-c3ccccc3)c2)cc1. The summed E-state index contributed by atoms with van der Waals surface area (Å²) in [5.74, 6) is 0. The molecule has 0 aliphatic rings. The van der Waals surface area contributed by atoms with Crippen molar-refractivity contribution in [3.05, 3.63) is 224 Å². The van der Waals surface area contributed by atoms with Crippen LogP contribution >= 0.6 is 11.3 Å². The number of rotatable bonds is 7. The Morgan fingerprint density at radius 2 is 0.879 bits per heavy atom. The fourth-order valence-electron chi connectivity index (χ4n) is 8.61. The van der Waals surface area contributed by atoms with Crippen molar-refractivity contribution in [1.29, 1.82) is 0 Å². The van der Waals surface area contributed by atoms with E-state index in [9.17, 15) is 0 Å². The first-order chi connectivity index (χ1) is 28.7. The van der Waals surface area contributed by atoms with Crippen LogP contribution in [0.15, 0.2) is 224 Å². The van der Waals surface area contributed by atoms with Crippen molar-refractivity contribution in [1.82, 2.24) is 0 Å². The third kappa shape index (κ3) is 6.03. The van der Waals surface area contributed by atoms with Crippen LogP contribution in [0.5, 0.6) is 0 Å². The second-order valence-electron chi connectivity index (χ2n) is 14.9. The molecule has 11 aromatic rings. The summed E-state index contributed by atoms with van der Waals surface area (Å²) in [6.07, 6.45) is 0. The number of hydrogen-bond donors (Lipinski definition) is 0. The number of benzene rings is 10. The van der Waals surface area contributed by atoms with E-state index in [0.717, 1.165) is 17.1 Å². The second kappa shape index (κ2) is 14.4. The zero-order valence-corrected chi connectivity index (χ0v) is 32.5. The van der Waals surface area contributed by atoms with Gasteiger partial charge in [-0.05, 0) is 109 Å². The maximum absolute atomic E-state index is 2.43. The second-order valence-corrected chi connectivity index (χ2v) is 16.0. The first-order valence-corrected chi connectivity index (χ1v) is 20.6. The van der Waals surface area contributed by atoms with E-state index in [2.05, 4.69) is 229 Å². The van der Waals surface area contributed by atoms with Crippen LogP contribution in [0, 0.1) is 0 Å². The summed E-state index contributed by atoms with van der Waals surface area (Å²) in [6, 6.07) is 82.0. The van der Waals surface area contributed by atoms with Gasteiger partial charge in [-0.2, -0.15) is 0 Å². The van der Waals surface area contributed by atoms with Crippen LogP contribution < -0.4 is 4.90 Å². The Hall–Kier alpha value is -7.26. The number of fused-ring (bicyclic) bond motifs is 5. The quantitative estimate of drug-likeness (QED) is 0.157. The van der Waals surface area contributed by atoms with Crippen LogP contribution in [-0.2, 0) is 0 Å². The molecule has 0 radical (unpaired) electrons. The molecule has 0 bridgehead atoms. The third-order valence-corrected chi connectivity index (χ3v) is 12.6. The molecule has 0 unspecified atom stereocenters. The van der Waals surface area contributed by atoms with Crippen molar-refractivity contribution >= 4 is 70.1 Å². The average molecular weight is 756 g/mol. The van der Waals surface area contributed by atoms with Crippen LogP contribution in [-0.4, -0.2) is 0 Å². The molecule has 58 heavy (non-hydrogen) atoms. The van der Waals surface area contributed by atoms with Crippen molar-refractivity contribution in [2.45, 2.75) is 0 Å². The molecule has 0 amide bonds. The first-order valence-electron chi connectivity index (χ1n) is 19.8. The van der Waals surface area contributed by atoms with Gasteiger partial charge >= 0.3 is 0 Å². The van der Waals surface area contributed by atoms with Gasteiger partial charge in [0.2, 0.25) is 0 Å². The summed E-state index contributed by atoms with van der Waals surface area (Å²) in [5, 5.41) is 7.68. The fourth-order valence-corrected chi connectivity index (χ4v) is 9.88. The Labute approximate surface area is 342 Å². The highest BCUT2D eigenvalue weighted by atomic mass is 32.1. The summed E-state index contributed by atoms with van der Waals surface area (Å²) in [4.78, 5) is 2.43. The Kier molecular flexibility index (Phi) is 8.42. The lowest BCUT2D eigenvalue weighted by Gasteiger charge is -2.29. The Morgan fingerprint density at radius 1 is 0.293 bits per heavy atom. The summed E-state index contributed by atoms with van der Waals surface area (Å²) in [7, 11) is 0. The van der Waals surface area contributed by atoms with Gasteiger partial charge in [0.25, 0.3) is 0 Å². The first kappa shape index (κ1) is 34.0. The van der Waals surface area contributed by atoms with Gasteiger partial charge in [-0.1, -0.05) is 176 Å². The molecule has 1 aromatic heterocycles. The highest BCUT2D eigenvalue weighted by Crippen LogP contribution is 2.46. The third-order valence-electron chi connectivity index (χ3n) is 11.4.